The maximum atomic E-state index is 7.03. The molecule has 1 unspecified atom stereocenters. The van der Waals surface area contributed by atoms with Crippen molar-refractivity contribution in [3.63, 3.8) is 0 Å². The fraction of sp³-hybridized carbons (Fsp3) is 0.0357. The van der Waals surface area contributed by atoms with Crippen molar-refractivity contribution < 1.29 is 0 Å². The molecule has 10 rings (SSSR count). The molecule has 0 saturated heterocycles. The Labute approximate surface area is 339 Å². The number of allylic oxidation sites excluding steroid dienone is 1. The van der Waals surface area contributed by atoms with Crippen LogP contribution in [0.5, 0.6) is 0 Å². The zero-order chi connectivity index (χ0) is 38.8. The Kier molecular flexibility index (Phi) is 9.31. The minimum absolute atomic E-state index is 0.422. The predicted molar refractivity (Wildman–Crippen MR) is 247 cm³/mol. The van der Waals surface area contributed by atoms with Gasteiger partial charge in [-0.05, 0) is 130 Å². The van der Waals surface area contributed by atoms with Crippen LogP contribution in [0.25, 0.3) is 82.2 Å². The van der Waals surface area contributed by atoms with E-state index in [1.54, 1.807) is 0 Å². The molecule has 276 valence electrons. The molecular formula is C56H42N2. The van der Waals surface area contributed by atoms with Crippen molar-refractivity contribution >= 4 is 48.8 Å². The van der Waals surface area contributed by atoms with Gasteiger partial charge in [0.05, 0.1) is 0 Å². The Morgan fingerprint density at radius 2 is 1.07 bits per heavy atom. The van der Waals surface area contributed by atoms with Crippen LogP contribution in [0.3, 0.4) is 0 Å². The molecular weight excluding hydrogens is 701 g/mol. The first kappa shape index (κ1) is 35.2. The van der Waals surface area contributed by atoms with Gasteiger partial charge in [0.2, 0.25) is 0 Å². The topological polar surface area (TPSA) is 38.0 Å². The van der Waals surface area contributed by atoms with Gasteiger partial charge < -0.3 is 11.1 Å². The maximum Gasteiger partial charge on any atom is 0.101 e. The Hall–Kier alpha value is -7.26. The van der Waals surface area contributed by atoms with Crippen molar-refractivity contribution in [3.05, 3.63) is 235 Å². The SMILES string of the molecule is NC(N/C(=C\Cc1ccccc1-c1ccccc1)c1cc(-c2ccc3ccccc3c2)cc(-c2c3ccccc3cc3c2ccc2ccccc23)c1)c1ccccc1. The fourth-order valence-corrected chi connectivity index (χ4v) is 8.58. The molecule has 2 nitrogen and oxygen atoms in total. The molecule has 0 fully saturated rings. The molecule has 0 aromatic heterocycles. The van der Waals surface area contributed by atoms with Crippen molar-refractivity contribution in [3.8, 4) is 33.4 Å². The highest BCUT2D eigenvalue weighted by atomic mass is 15.0. The van der Waals surface area contributed by atoms with Crippen molar-refractivity contribution in [1.29, 1.82) is 0 Å². The molecule has 1 atom stereocenters. The van der Waals surface area contributed by atoms with E-state index in [-0.39, 0.29) is 0 Å². The molecule has 3 N–H and O–H groups in total. The van der Waals surface area contributed by atoms with Crippen molar-refractivity contribution in [2.24, 2.45) is 5.73 Å². The summed E-state index contributed by atoms with van der Waals surface area (Å²) in [6, 6.07) is 76.6. The maximum absolute atomic E-state index is 7.03. The standard InChI is InChI=1S/C56H42N2/c57-56(42-20-5-2-6-21-42)58-54(32-30-40-18-9-12-24-49(40)39-16-3-1-4-17-39)47-34-46(44-28-27-38-15-7-8-22-43(38)33-44)35-48(36-47)55-51-26-14-11-23-45(51)37-53-50-25-13-10-19-41(50)29-31-52(53)55/h1-29,31-37,56,58H,30,57H2/b54-32-. The van der Waals surface area contributed by atoms with Gasteiger partial charge in [0.1, 0.15) is 6.17 Å². The van der Waals surface area contributed by atoms with E-state index >= 15 is 0 Å². The second-order valence-electron chi connectivity index (χ2n) is 15.1. The summed E-state index contributed by atoms with van der Waals surface area (Å²) in [5.41, 5.74) is 18.5. The third-order valence-corrected chi connectivity index (χ3v) is 11.5. The van der Waals surface area contributed by atoms with Gasteiger partial charge in [-0.3, -0.25) is 0 Å². The Morgan fingerprint density at radius 3 is 1.90 bits per heavy atom. The van der Waals surface area contributed by atoms with Gasteiger partial charge in [0, 0.05) is 5.70 Å². The van der Waals surface area contributed by atoms with Crippen LogP contribution in [0, 0.1) is 0 Å². The van der Waals surface area contributed by atoms with E-state index in [9.17, 15) is 0 Å². The number of fused-ring (bicyclic) bond motifs is 5. The van der Waals surface area contributed by atoms with Gasteiger partial charge in [-0.25, -0.2) is 0 Å². The summed E-state index contributed by atoms with van der Waals surface area (Å²) >= 11 is 0. The van der Waals surface area contributed by atoms with Crippen LogP contribution in [0.1, 0.15) is 22.9 Å². The first-order valence-electron chi connectivity index (χ1n) is 20.1. The lowest BCUT2D eigenvalue weighted by atomic mass is 9.87. The average molecular weight is 743 g/mol. The zero-order valence-electron chi connectivity index (χ0n) is 32.1. The van der Waals surface area contributed by atoms with Crippen molar-refractivity contribution in [2.75, 3.05) is 0 Å². The zero-order valence-corrected chi connectivity index (χ0v) is 32.1. The van der Waals surface area contributed by atoms with E-state index in [2.05, 4.69) is 206 Å². The largest absolute Gasteiger partial charge is 0.366 e. The second kappa shape index (κ2) is 15.3. The normalized spacial score (nSPS) is 12.3. The van der Waals surface area contributed by atoms with E-state index in [0.29, 0.717) is 6.42 Å². The molecule has 58 heavy (non-hydrogen) atoms. The molecule has 0 aliphatic heterocycles. The minimum atomic E-state index is -0.422. The minimum Gasteiger partial charge on any atom is -0.366 e. The molecule has 0 heterocycles. The molecule has 0 saturated carbocycles. The lowest BCUT2D eigenvalue weighted by Gasteiger charge is -2.22. The first-order valence-corrected chi connectivity index (χ1v) is 20.1. The number of nitrogens with one attached hydrogen (secondary N) is 1. The molecule has 2 heteroatoms. The molecule has 0 amide bonds. The third-order valence-electron chi connectivity index (χ3n) is 11.5. The van der Waals surface area contributed by atoms with Crippen LogP contribution in [0.2, 0.25) is 0 Å². The number of hydrogen-bond donors (Lipinski definition) is 2. The number of hydrogen-bond acceptors (Lipinski definition) is 2. The summed E-state index contributed by atoms with van der Waals surface area (Å²) in [4.78, 5) is 0. The highest BCUT2D eigenvalue weighted by Crippen LogP contribution is 2.42. The first-order chi connectivity index (χ1) is 28.7. The third kappa shape index (κ3) is 6.81. The monoisotopic (exact) mass is 742 g/mol. The number of rotatable bonds is 9. The van der Waals surface area contributed by atoms with E-state index in [0.717, 1.165) is 33.5 Å². The summed E-state index contributed by atoms with van der Waals surface area (Å²) in [7, 11) is 0. The van der Waals surface area contributed by atoms with Gasteiger partial charge in [-0.1, -0.05) is 188 Å². The van der Waals surface area contributed by atoms with Gasteiger partial charge in [-0.2, -0.15) is 0 Å². The number of benzene rings is 10. The molecule has 0 bridgehead atoms. The van der Waals surface area contributed by atoms with Gasteiger partial charge in [0.15, 0.2) is 0 Å². The summed E-state index contributed by atoms with van der Waals surface area (Å²) in [5.74, 6) is 0. The second-order valence-corrected chi connectivity index (χ2v) is 15.1. The van der Waals surface area contributed by atoms with Crippen LogP contribution in [-0.4, -0.2) is 0 Å². The summed E-state index contributed by atoms with van der Waals surface area (Å²) in [5, 5.41) is 13.7. The van der Waals surface area contributed by atoms with E-state index < -0.39 is 6.17 Å². The van der Waals surface area contributed by atoms with Crippen LogP contribution in [0.15, 0.2) is 218 Å². The predicted octanol–water partition coefficient (Wildman–Crippen LogP) is 14.1. The molecule has 10 aromatic carbocycles. The van der Waals surface area contributed by atoms with Crippen LogP contribution < -0.4 is 11.1 Å². The van der Waals surface area contributed by atoms with Gasteiger partial charge in [0.25, 0.3) is 0 Å². The van der Waals surface area contributed by atoms with E-state index in [1.165, 1.54) is 65.3 Å². The van der Waals surface area contributed by atoms with Gasteiger partial charge >= 0.3 is 0 Å². The van der Waals surface area contributed by atoms with Crippen molar-refractivity contribution in [1.82, 2.24) is 5.32 Å². The van der Waals surface area contributed by atoms with E-state index in [4.69, 9.17) is 5.73 Å². The van der Waals surface area contributed by atoms with Crippen LogP contribution in [-0.2, 0) is 6.42 Å². The molecule has 0 aliphatic carbocycles. The Bertz CT molecular complexity index is 3130. The lowest BCUT2D eigenvalue weighted by Crippen LogP contribution is -2.27. The smallest absolute Gasteiger partial charge is 0.101 e. The van der Waals surface area contributed by atoms with E-state index in [1.807, 2.05) is 18.2 Å². The summed E-state index contributed by atoms with van der Waals surface area (Å²) < 4.78 is 0. The van der Waals surface area contributed by atoms with Crippen LogP contribution >= 0.6 is 0 Å². The van der Waals surface area contributed by atoms with Crippen molar-refractivity contribution in [2.45, 2.75) is 12.6 Å². The lowest BCUT2D eigenvalue weighted by molar-refractivity contribution is 0.666. The summed E-state index contributed by atoms with van der Waals surface area (Å²) in [6.45, 7) is 0. The fourth-order valence-electron chi connectivity index (χ4n) is 8.58. The molecule has 10 aromatic rings. The molecule has 0 radical (unpaired) electrons. The highest BCUT2D eigenvalue weighted by Gasteiger charge is 2.17. The molecule has 0 spiro atoms. The summed E-state index contributed by atoms with van der Waals surface area (Å²) in [6.07, 6.45) is 2.62. The molecule has 0 aliphatic rings. The van der Waals surface area contributed by atoms with Gasteiger partial charge in [-0.15, -0.1) is 0 Å². The Balaban J connectivity index is 1.22. The van der Waals surface area contributed by atoms with Crippen LogP contribution in [0.4, 0.5) is 0 Å². The number of nitrogens with two attached hydrogens (primary N) is 1. The highest BCUT2D eigenvalue weighted by molar-refractivity contribution is 6.20. The average Bonchev–Trinajstić information content (AvgIpc) is 3.29. The Morgan fingerprint density at radius 1 is 0.431 bits per heavy atom. The quantitative estimate of drug-likeness (QED) is 0.0878.